The van der Waals surface area contributed by atoms with Gasteiger partial charge >= 0.3 is 5.97 Å². The van der Waals surface area contributed by atoms with Crippen LogP contribution in [-0.2, 0) is 4.79 Å². The maximum Gasteiger partial charge on any atom is 0.311 e. The number of phenolic OH excluding ortho intramolecular Hbond substituents is 1. The van der Waals surface area contributed by atoms with Gasteiger partial charge in [0.15, 0.2) is 5.78 Å². The van der Waals surface area contributed by atoms with Crippen LogP contribution in [0.4, 0.5) is 0 Å². The first-order valence-electron chi connectivity index (χ1n) is 7.37. The lowest BCUT2D eigenvalue weighted by Crippen LogP contribution is -2.31. The Morgan fingerprint density at radius 3 is 2.38 bits per heavy atom. The van der Waals surface area contributed by atoms with E-state index in [1.165, 1.54) is 18.2 Å². The summed E-state index contributed by atoms with van der Waals surface area (Å²) < 4.78 is 5.55. The molecule has 0 heterocycles. The van der Waals surface area contributed by atoms with Crippen LogP contribution < -0.4 is 4.74 Å². The van der Waals surface area contributed by atoms with Gasteiger partial charge in [0.25, 0.3) is 0 Å². The molecule has 6 heteroatoms. The van der Waals surface area contributed by atoms with Crippen molar-refractivity contribution < 1.29 is 24.5 Å². The van der Waals surface area contributed by atoms with E-state index in [4.69, 9.17) is 9.84 Å². The third-order valence-electron chi connectivity index (χ3n) is 3.65. The number of phenols is 1. The van der Waals surface area contributed by atoms with E-state index in [-0.39, 0.29) is 28.6 Å². The fourth-order valence-electron chi connectivity index (χ4n) is 2.25. The number of carboxylic acid groups (broad SMARTS) is 1. The Balaban J connectivity index is 2.18. The number of carbonyl (C=O) groups excluding carboxylic acids is 1. The fourth-order valence-corrected chi connectivity index (χ4v) is 2.70. The Kier molecular flexibility index (Phi) is 5.87. The lowest BCUT2D eigenvalue weighted by atomic mass is 10.0. The monoisotopic (exact) mass is 346 g/mol. The van der Waals surface area contributed by atoms with Crippen molar-refractivity contribution in [3.63, 3.8) is 0 Å². The Morgan fingerprint density at radius 1 is 1.17 bits per heavy atom. The lowest BCUT2D eigenvalue weighted by Gasteiger charge is -2.20. The molecule has 0 fully saturated rings. The molecule has 0 aliphatic rings. The van der Waals surface area contributed by atoms with Crippen LogP contribution in [0.3, 0.4) is 0 Å². The molecule has 0 aromatic heterocycles. The normalized spacial score (nSPS) is 13.1. The van der Waals surface area contributed by atoms with Gasteiger partial charge in [0, 0.05) is 17.4 Å². The molecule has 24 heavy (non-hydrogen) atoms. The lowest BCUT2D eigenvalue weighted by molar-refractivity contribution is -0.143. The van der Waals surface area contributed by atoms with Crippen molar-refractivity contribution in [2.24, 2.45) is 5.92 Å². The predicted molar refractivity (Wildman–Crippen MR) is 93.1 cm³/mol. The van der Waals surface area contributed by atoms with Gasteiger partial charge in [-0.25, -0.2) is 0 Å². The molecular formula is C18H18O5S. The Hall–Kier alpha value is -2.47. The van der Waals surface area contributed by atoms with Gasteiger partial charge in [-0.3, -0.25) is 9.59 Å². The molecule has 0 saturated heterocycles. The van der Waals surface area contributed by atoms with E-state index in [0.29, 0.717) is 5.56 Å². The summed E-state index contributed by atoms with van der Waals surface area (Å²) in [5.41, 5.74) is 0.626. The molecule has 0 radical (unpaired) electrons. The van der Waals surface area contributed by atoms with Crippen LogP contribution in [0.2, 0.25) is 0 Å². The summed E-state index contributed by atoms with van der Waals surface area (Å²) in [7, 11) is 0. The molecular weight excluding hydrogens is 328 g/mol. The summed E-state index contributed by atoms with van der Waals surface area (Å²) in [5.74, 6) is -1.87. The molecule has 0 aliphatic heterocycles. The molecule has 0 spiro atoms. The van der Waals surface area contributed by atoms with Gasteiger partial charge in [0.2, 0.25) is 0 Å². The average Bonchev–Trinajstić information content (AvgIpc) is 2.55. The molecule has 0 saturated carbocycles. The molecule has 2 aromatic rings. The Labute approximate surface area is 145 Å². The van der Waals surface area contributed by atoms with Gasteiger partial charge in [-0.2, -0.15) is 12.6 Å². The topological polar surface area (TPSA) is 83.8 Å². The molecule has 2 unspecified atom stereocenters. The largest absolute Gasteiger partial charge is 0.507 e. The molecule has 2 aromatic carbocycles. The number of benzene rings is 2. The second-order valence-electron chi connectivity index (χ2n) is 5.32. The summed E-state index contributed by atoms with van der Waals surface area (Å²) in [5, 5.41) is 19.2. The number of hydrogen-bond acceptors (Lipinski definition) is 5. The van der Waals surface area contributed by atoms with Crippen LogP contribution in [0.5, 0.6) is 11.5 Å². The highest BCUT2D eigenvalue weighted by Crippen LogP contribution is 2.27. The van der Waals surface area contributed by atoms with Crippen LogP contribution in [0.1, 0.15) is 22.8 Å². The maximum absolute atomic E-state index is 12.4. The van der Waals surface area contributed by atoms with E-state index in [1.54, 1.807) is 37.3 Å². The summed E-state index contributed by atoms with van der Waals surface area (Å²) in [6.45, 7) is 1.62. The van der Waals surface area contributed by atoms with Crippen molar-refractivity contribution in [3.8, 4) is 11.5 Å². The van der Waals surface area contributed by atoms with Gasteiger partial charge in [0.05, 0.1) is 5.56 Å². The molecule has 2 rings (SSSR count). The number of rotatable bonds is 7. The number of aromatic hydroxyl groups is 1. The van der Waals surface area contributed by atoms with E-state index in [9.17, 15) is 14.7 Å². The zero-order valence-corrected chi connectivity index (χ0v) is 13.9. The third-order valence-corrected chi connectivity index (χ3v) is 4.05. The second-order valence-corrected chi connectivity index (χ2v) is 5.69. The number of ether oxygens (including phenoxy) is 1. The minimum absolute atomic E-state index is 0.132. The standard InChI is InChI=1S/C18H18O5S/c1-11(15(10-24)18(21)22)23-13-7-8-14(16(19)9-13)17(20)12-5-3-2-4-6-12/h2-9,11,15,19,24H,10H2,1H3,(H,21,22). The van der Waals surface area contributed by atoms with Gasteiger partial charge in [-0.15, -0.1) is 0 Å². The molecule has 5 nitrogen and oxygen atoms in total. The Bertz CT molecular complexity index is 729. The number of thiol groups is 1. The second kappa shape index (κ2) is 7.88. The summed E-state index contributed by atoms with van der Waals surface area (Å²) in [6.07, 6.45) is -0.630. The first-order valence-corrected chi connectivity index (χ1v) is 8.00. The summed E-state index contributed by atoms with van der Waals surface area (Å²) in [6, 6.07) is 12.9. The minimum Gasteiger partial charge on any atom is -0.507 e. The SMILES string of the molecule is CC(Oc1ccc(C(=O)c2ccccc2)c(O)c1)C(CS)C(=O)O. The van der Waals surface area contributed by atoms with Gasteiger partial charge in [0.1, 0.15) is 23.5 Å². The Morgan fingerprint density at radius 2 is 1.83 bits per heavy atom. The zero-order chi connectivity index (χ0) is 17.7. The predicted octanol–water partition coefficient (Wildman–Crippen LogP) is 3.02. The van der Waals surface area contributed by atoms with Crippen molar-refractivity contribution in [1.82, 2.24) is 0 Å². The first kappa shape index (κ1) is 17.9. The highest BCUT2D eigenvalue weighted by atomic mass is 32.1. The molecule has 0 aliphatic carbocycles. The van der Waals surface area contributed by atoms with Crippen molar-refractivity contribution in [2.75, 3.05) is 5.75 Å². The third kappa shape index (κ3) is 4.08. The molecule has 2 atom stereocenters. The van der Waals surface area contributed by atoms with Gasteiger partial charge in [-0.05, 0) is 19.1 Å². The molecule has 2 N–H and O–H groups in total. The number of ketones is 1. The van der Waals surface area contributed by atoms with E-state index < -0.39 is 18.0 Å². The number of hydrogen-bond donors (Lipinski definition) is 3. The smallest absolute Gasteiger partial charge is 0.311 e. The van der Waals surface area contributed by atoms with E-state index in [2.05, 4.69) is 12.6 Å². The van der Waals surface area contributed by atoms with E-state index in [0.717, 1.165) is 0 Å². The minimum atomic E-state index is -1.00. The zero-order valence-electron chi connectivity index (χ0n) is 13.0. The van der Waals surface area contributed by atoms with Crippen molar-refractivity contribution >= 4 is 24.4 Å². The average molecular weight is 346 g/mol. The van der Waals surface area contributed by atoms with Crippen LogP contribution >= 0.6 is 12.6 Å². The highest BCUT2D eigenvalue weighted by Gasteiger charge is 2.25. The molecule has 0 bridgehead atoms. The summed E-state index contributed by atoms with van der Waals surface area (Å²) >= 11 is 4.01. The maximum atomic E-state index is 12.4. The highest BCUT2D eigenvalue weighted by molar-refractivity contribution is 7.80. The number of aliphatic carboxylic acids is 1. The van der Waals surface area contributed by atoms with Crippen molar-refractivity contribution in [3.05, 3.63) is 59.7 Å². The van der Waals surface area contributed by atoms with Gasteiger partial charge < -0.3 is 14.9 Å². The summed E-state index contributed by atoms with van der Waals surface area (Å²) in [4.78, 5) is 23.5. The van der Waals surface area contributed by atoms with Crippen molar-refractivity contribution in [1.29, 1.82) is 0 Å². The molecule has 126 valence electrons. The van der Waals surface area contributed by atoms with E-state index >= 15 is 0 Å². The van der Waals surface area contributed by atoms with Crippen molar-refractivity contribution in [2.45, 2.75) is 13.0 Å². The van der Waals surface area contributed by atoms with Crippen LogP contribution in [-0.4, -0.2) is 33.8 Å². The first-order chi connectivity index (χ1) is 11.4. The van der Waals surface area contributed by atoms with E-state index in [1.807, 2.05) is 0 Å². The van der Waals surface area contributed by atoms with Crippen LogP contribution in [0.15, 0.2) is 48.5 Å². The van der Waals surface area contributed by atoms with Crippen LogP contribution in [0, 0.1) is 5.92 Å². The fraction of sp³-hybridized carbons (Fsp3) is 0.222. The number of carboxylic acids is 1. The molecule has 0 amide bonds. The quantitative estimate of drug-likeness (QED) is 0.530. The van der Waals surface area contributed by atoms with Gasteiger partial charge in [-0.1, -0.05) is 30.3 Å². The van der Waals surface area contributed by atoms with Crippen LogP contribution in [0.25, 0.3) is 0 Å². The number of carbonyl (C=O) groups is 2.